The number of aryl methyl sites for hydroxylation is 1. The second-order valence-electron chi connectivity index (χ2n) is 4.30. The lowest BCUT2D eigenvalue weighted by Gasteiger charge is -2.11. The van der Waals surface area contributed by atoms with Gasteiger partial charge in [-0.05, 0) is 24.6 Å². The van der Waals surface area contributed by atoms with Gasteiger partial charge in [0.15, 0.2) is 0 Å². The molecular weight excluding hydrogens is 330 g/mol. The molecule has 0 amide bonds. The molecule has 1 heterocycles. The topological polar surface area (TPSA) is 90.4 Å². The first-order valence-electron chi connectivity index (χ1n) is 6.11. The summed E-state index contributed by atoms with van der Waals surface area (Å²) in [5.74, 6) is 0.0497. The van der Waals surface area contributed by atoms with Gasteiger partial charge in [-0.15, -0.1) is 0 Å². The molecule has 1 aromatic carbocycles. The number of ether oxygens (including phenoxy) is 2. The highest BCUT2D eigenvalue weighted by molar-refractivity contribution is 7.92. The molecule has 0 aliphatic rings. The van der Waals surface area contributed by atoms with Crippen LogP contribution in [0.3, 0.4) is 0 Å². The highest BCUT2D eigenvalue weighted by Gasteiger charge is 2.19. The zero-order valence-electron chi connectivity index (χ0n) is 12.1. The fourth-order valence-corrected chi connectivity index (χ4v) is 2.93. The SMILES string of the molecule is COc1ncc(NS(=O)(=O)c2ccc(C)c(Cl)c2)c(OC)n1. The van der Waals surface area contributed by atoms with E-state index in [-0.39, 0.29) is 22.5 Å². The summed E-state index contributed by atoms with van der Waals surface area (Å²) in [6.45, 7) is 1.78. The molecule has 0 bridgehead atoms. The van der Waals surface area contributed by atoms with Crippen molar-refractivity contribution in [3.63, 3.8) is 0 Å². The lowest BCUT2D eigenvalue weighted by molar-refractivity contribution is 0.353. The Morgan fingerprint density at radius 3 is 2.55 bits per heavy atom. The molecule has 0 aliphatic heterocycles. The highest BCUT2D eigenvalue weighted by atomic mass is 35.5. The van der Waals surface area contributed by atoms with Crippen molar-refractivity contribution >= 4 is 27.3 Å². The van der Waals surface area contributed by atoms with E-state index in [1.54, 1.807) is 13.0 Å². The maximum atomic E-state index is 12.4. The summed E-state index contributed by atoms with van der Waals surface area (Å²) in [5, 5.41) is 0.362. The molecule has 0 fully saturated rings. The second-order valence-corrected chi connectivity index (χ2v) is 6.39. The highest BCUT2D eigenvalue weighted by Crippen LogP contribution is 2.27. The standard InChI is InChI=1S/C13H14ClN3O4S/c1-8-4-5-9(6-10(8)14)22(18,19)17-11-7-15-13(21-3)16-12(11)20-2/h4-7,17H,1-3H3. The van der Waals surface area contributed by atoms with Crippen LogP contribution < -0.4 is 14.2 Å². The van der Waals surface area contributed by atoms with E-state index in [0.29, 0.717) is 5.02 Å². The molecule has 1 aromatic heterocycles. The Kier molecular flexibility index (Phi) is 4.72. The maximum absolute atomic E-state index is 12.4. The Morgan fingerprint density at radius 2 is 1.95 bits per heavy atom. The average Bonchev–Trinajstić information content (AvgIpc) is 2.50. The molecule has 2 rings (SSSR count). The van der Waals surface area contributed by atoms with Crippen LogP contribution in [0.15, 0.2) is 29.3 Å². The van der Waals surface area contributed by atoms with Crippen LogP contribution in [0.4, 0.5) is 5.69 Å². The van der Waals surface area contributed by atoms with Crippen molar-refractivity contribution < 1.29 is 17.9 Å². The zero-order valence-corrected chi connectivity index (χ0v) is 13.7. The Morgan fingerprint density at radius 1 is 1.23 bits per heavy atom. The van der Waals surface area contributed by atoms with Gasteiger partial charge in [-0.3, -0.25) is 4.72 Å². The number of halogens is 1. The molecule has 0 atom stereocenters. The first-order chi connectivity index (χ1) is 10.4. The first kappa shape index (κ1) is 16.3. The largest absolute Gasteiger partial charge is 0.479 e. The minimum atomic E-state index is -3.84. The third-order valence-electron chi connectivity index (χ3n) is 2.81. The summed E-state index contributed by atoms with van der Waals surface area (Å²) in [4.78, 5) is 7.79. The quantitative estimate of drug-likeness (QED) is 0.895. The maximum Gasteiger partial charge on any atom is 0.319 e. The fraction of sp³-hybridized carbons (Fsp3) is 0.231. The number of nitrogens with one attached hydrogen (secondary N) is 1. The molecule has 0 unspecified atom stereocenters. The van der Waals surface area contributed by atoms with Crippen molar-refractivity contribution in [3.05, 3.63) is 35.0 Å². The molecule has 118 valence electrons. The average molecular weight is 344 g/mol. The predicted octanol–water partition coefficient (Wildman–Crippen LogP) is 2.26. The zero-order chi connectivity index (χ0) is 16.3. The Labute approximate surface area is 133 Å². The Balaban J connectivity index is 2.38. The fourth-order valence-electron chi connectivity index (χ4n) is 1.62. The number of rotatable bonds is 5. The van der Waals surface area contributed by atoms with Gasteiger partial charge in [-0.25, -0.2) is 13.4 Å². The van der Waals surface area contributed by atoms with Crippen molar-refractivity contribution in [3.8, 4) is 11.9 Å². The van der Waals surface area contributed by atoms with Gasteiger partial charge in [0, 0.05) is 5.02 Å². The third kappa shape index (κ3) is 3.40. The Hall–Kier alpha value is -2.06. The van der Waals surface area contributed by atoms with Crippen molar-refractivity contribution in [2.45, 2.75) is 11.8 Å². The van der Waals surface area contributed by atoms with Crippen LogP contribution in [-0.4, -0.2) is 32.6 Å². The molecule has 1 N–H and O–H groups in total. The van der Waals surface area contributed by atoms with Gasteiger partial charge >= 0.3 is 6.01 Å². The smallest absolute Gasteiger partial charge is 0.319 e. The van der Waals surface area contributed by atoms with E-state index < -0.39 is 10.0 Å². The molecule has 2 aromatic rings. The van der Waals surface area contributed by atoms with Crippen molar-refractivity contribution in [2.24, 2.45) is 0 Å². The number of nitrogens with zero attached hydrogens (tertiary/aromatic N) is 2. The summed E-state index contributed by atoms with van der Waals surface area (Å²) in [7, 11) is -1.08. The molecule has 22 heavy (non-hydrogen) atoms. The molecule has 0 saturated carbocycles. The molecule has 7 nitrogen and oxygen atoms in total. The predicted molar refractivity (Wildman–Crippen MR) is 82.1 cm³/mol. The summed E-state index contributed by atoms with van der Waals surface area (Å²) in [6, 6.07) is 4.52. The van der Waals surface area contributed by atoms with Crippen LogP contribution in [0.25, 0.3) is 0 Å². The van der Waals surface area contributed by atoms with Crippen molar-refractivity contribution in [2.75, 3.05) is 18.9 Å². The molecule has 0 aliphatic carbocycles. The summed E-state index contributed by atoms with van der Waals surface area (Å²) in [6.07, 6.45) is 1.26. The van der Waals surface area contributed by atoms with E-state index in [0.717, 1.165) is 5.56 Å². The van der Waals surface area contributed by atoms with Crippen LogP contribution in [0.2, 0.25) is 5.02 Å². The summed E-state index contributed by atoms with van der Waals surface area (Å²) < 4.78 is 37.0. The minimum Gasteiger partial charge on any atom is -0.479 e. The lowest BCUT2D eigenvalue weighted by atomic mass is 10.2. The van der Waals surface area contributed by atoms with E-state index in [4.69, 9.17) is 21.1 Å². The number of aromatic nitrogens is 2. The van der Waals surface area contributed by atoms with E-state index in [2.05, 4.69) is 14.7 Å². The Bertz CT molecular complexity index is 796. The number of hydrogen-bond acceptors (Lipinski definition) is 6. The number of methoxy groups -OCH3 is 2. The van der Waals surface area contributed by atoms with Crippen LogP contribution >= 0.6 is 11.6 Å². The monoisotopic (exact) mass is 343 g/mol. The van der Waals surface area contributed by atoms with E-state index >= 15 is 0 Å². The van der Waals surface area contributed by atoms with Gasteiger partial charge in [-0.1, -0.05) is 17.7 Å². The number of anilines is 1. The van der Waals surface area contributed by atoms with Crippen LogP contribution in [-0.2, 0) is 10.0 Å². The molecular formula is C13H14ClN3O4S. The molecule has 9 heteroatoms. The summed E-state index contributed by atoms with van der Waals surface area (Å²) >= 11 is 5.96. The molecule has 0 saturated heterocycles. The number of sulfonamides is 1. The third-order valence-corrected chi connectivity index (χ3v) is 4.58. The van der Waals surface area contributed by atoms with Gasteiger partial charge in [-0.2, -0.15) is 4.98 Å². The van der Waals surface area contributed by atoms with Crippen molar-refractivity contribution in [1.82, 2.24) is 9.97 Å². The van der Waals surface area contributed by atoms with E-state index in [1.807, 2.05) is 0 Å². The number of hydrogen-bond donors (Lipinski definition) is 1. The van der Waals surface area contributed by atoms with Crippen molar-refractivity contribution in [1.29, 1.82) is 0 Å². The molecule has 0 radical (unpaired) electrons. The van der Waals surface area contributed by atoms with E-state index in [1.165, 1.54) is 32.5 Å². The van der Waals surface area contributed by atoms with Gasteiger partial charge < -0.3 is 9.47 Å². The van der Waals surface area contributed by atoms with Gasteiger partial charge in [0.2, 0.25) is 5.88 Å². The lowest BCUT2D eigenvalue weighted by Crippen LogP contribution is -2.14. The van der Waals surface area contributed by atoms with Crippen LogP contribution in [0.5, 0.6) is 11.9 Å². The van der Waals surface area contributed by atoms with Crippen LogP contribution in [0.1, 0.15) is 5.56 Å². The van der Waals surface area contributed by atoms with Gasteiger partial charge in [0.25, 0.3) is 10.0 Å². The first-order valence-corrected chi connectivity index (χ1v) is 7.97. The van der Waals surface area contributed by atoms with Crippen LogP contribution in [0, 0.1) is 6.92 Å². The van der Waals surface area contributed by atoms with Gasteiger partial charge in [0.1, 0.15) is 5.69 Å². The minimum absolute atomic E-state index is 0.0287. The molecule has 0 spiro atoms. The second kappa shape index (κ2) is 6.37. The number of benzene rings is 1. The summed E-state index contributed by atoms with van der Waals surface area (Å²) in [5.41, 5.74) is 0.881. The van der Waals surface area contributed by atoms with Gasteiger partial charge in [0.05, 0.1) is 25.3 Å². The van der Waals surface area contributed by atoms with E-state index in [9.17, 15) is 8.42 Å². The normalized spacial score (nSPS) is 11.1.